The zero-order valence-electron chi connectivity index (χ0n) is 24.0. The van der Waals surface area contributed by atoms with Gasteiger partial charge in [0, 0.05) is 26.0 Å². The summed E-state index contributed by atoms with van der Waals surface area (Å²) in [5.41, 5.74) is 3.86. The fourth-order valence-electron chi connectivity index (χ4n) is 5.26. The van der Waals surface area contributed by atoms with E-state index in [1.807, 2.05) is 31.2 Å². The summed E-state index contributed by atoms with van der Waals surface area (Å²) in [5.74, 6) is -0.462. The van der Waals surface area contributed by atoms with Crippen molar-refractivity contribution in [1.29, 1.82) is 0 Å². The molecule has 2 amide bonds. The van der Waals surface area contributed by atoms with Crippen LogP contribution < -0.4 is 10.6 Å². The zero-order chi connectivity index (χ0) is 30.3. The SMILES string of the molecule is CCOC(=O)c1c(NC(=O)C(CC)Sc2cccc(NC(=O)c3cccc(Cl)c3)c2)sc2c1CCC(c1ccccc1)C2. The van der Waals surface area contributed by atoms with E-state index in [2.05, 4.69) is 34.9 Å². The molecule has 0 saturated heterocycles. The van der Waals surface area contributed by atoms with Crippen molar-refractivity contribution in [2.75, 3.05) is 17.2 Å². The molecule has 1 aliphatic carbocycles. The Hall–Kier alpha value is -3.59. The predicted molar refractivity (Wildman–Crippen MR) is 176 cm³/mol. The topological polar surface area (TPSA) is 84.5 Å². The zero-order valence-corrected chi connectivity index (χ0v) is 26.4. The van der Waals surface area contributed by atoms with Gasteiger partial charge < -0.3 is 15.4 Å². The Morgan fingerprint density at radius 1 is 1.00 bits per heavy atom. The third-order valence-electron chi connectivity index (χ3n) is 7.37. The summed E-state index contributed by atoms with van der Waals surface area (Å²) in [7, 11) is 0. The summed E-state index contributed by atoms with van der Waals surface area (Å²) in [6.45, 7) is 4.01. The Labute approximate surface area is 265 Å². The minimum atomic E-state index is -0.412. The minimum Gasteiger partial charge on any atom is -0.462 e. The average molecular weight is 633 g/mol. The Bertz CT molecular complexity index is 1620. The first kappa shape index (κ1) is 30.9. The molecular formula is C34H33ClN2O4S2. The van der Waals surface area contributed by atoms with E-state index in [1.54, 1.807) is 37.3 Å². The Morgan fingerprint density at radius 3 is 2.53 bits per heavy atom. The van der Waals surface area contributed by atoms with Crippen LogP contribution in [-0.4, -0.2) is 29.6 Å². The molecule has 1 heterocycles. The number of halogens is 1. The van der Waals surface area contributed by atoms with Crippen LogP contribution in [0.1, 0.15) is 69.3 Å². The number of ether oxygens (including phenoxy) is 1. The van der Waals surface area contributed by atoms with Gasteiger partial charge >= 0.3 is 5.97 Å². The monoisotopic (exact) mass is 632 g/mol. The van der Waals surface area contributed by atoms with Crippen molar-refractivity contribution in [3.05, 3.63) is 111 Å². The molecule has 222 valence electrons. The first-order chi connectivity index (χ1) is 20.9. The normalized spacial score (nSPS) is 14.8. The molecule has 2 atom stereocenters. The van der Waals surface area contributed by atoms with Gasteiger partial charge in [-0.3, -0.25) is 9.59 Å². The Kier molecular flexibility index (Phi) is 10.2. The molecule has 9 heteroatoms. The number of anilines is 2. The fraction of sp³-hybridized carbons (Fsp3) is 0.265. The van der Waals surface area contributed by atoms with Crippen LogP contribution in [0.3, 0.4) is 0 Å². The number of fused-ring (bicyclic) bond motifs is 1. The average Bonchev–Trinajstić information content (AvgIpc) is 3.37. The number of carbonyl (C=O) groups is 3. The van der Waals surface area contributed by atoms with Gasteiger partial charge in [-0.05, 0) is 86.1 Å². The van der Waals surface area contributed by atoms with E-state index in [4.69, 9.17) is 16.3 Å². The van der Waals surface area contributed by atoms with Crippen LogP contribution >= 0.6 is 34.7 Å². The lowest BCUT2D eigenvalue weighted by atomic mass is 9.83. The number of hydrogen-bond acceptors (Lipinski definition) is 6. The molecule has 0 aliphatic heterocycles. The molecule has 0 fully saturated rings. The standard InChI is InChI=1S/C34H33ClN2O4S2/c1-3-28(42-26-15-9-14-25(20-26)36-31(38)23-12-8-13-24(35)18-23)32(39)37-33-30(34(40)41-4-2)27-17-16-22(19-29(27)43-33)21-10-6-5-7-11-21/h5-15,18,20,22,28H,3-4,16-17,19H2,1-2H3,(H,36,38)(H,37,39). The quantitative estimate of drug-likeness (QED) is 0.135. The molecule has 1 aromatic heterocycles. The smallest absolute Gasteiger partial charge is 0.341 e. The van der Waals surface area contributed by atoms with Crippen molar-refractivity contribution >= 4 is 63.2 Å². The second-order valence-electron chi connectivity index (χ2n) is 10.3. The Morgan fingerprint density at radius 2 is 1.79 bits per heavy atom. The first-order valence-corrected chi connectivity index (χ1v) is 16.4. The van der Waals surface area contributed by atoms with E-state index in [9.17, 15) is 14.4 Å². The van der Waals surface area contributed by atoms with E-state index < -0.39 is 11.2 Å². The van der Waals surface area contributed by atoms with Gasteiger partial charge in [0.25, 0.3) is 5.91 Å². The maximum absolute atomic E-state index is 13.6. The van der Waals surface area contributed by atoms with Gasteiger partial charge in [0.05, 0.1) is 17.4 Å². The third kappa shape index (κ3) is 7.50. The van der Waals surface area contributed by atoms with Gasteiger partial charge in [0.1, 0.15) is 5.00 Å². The highest BCUT2D eigenvalue weighted by Crippen LogP contribution is 2.43. The highest BCUT2D eigenvalue weighted by molar-refractivity contribution is 8.00. The van der Waals surface area contributed by atoms with Crippen LogP contribution in [0.15, 0.2) is 83.8 Å². The van der Waals surface area contributed by atoms with Gasteiger partial charge in [-0.25, -0.2) is 4.79 Å². The van der Waals surface area contributed by atoms with Crippen LogP contribution in [0.2, 0.25) is 5.02 Å². The fourth-order valence-corrected chi connectivity index (χ4v) is 7.78. The number of amides is 2. The molecule has 2 N–H and O–H groups in total. The molecule has 2 unspecified atom stereocenters. The van der Waals surface area contributed by atoms with Crippen LogP contribution in [0, 0.1) is 0 Å². The molecule has 3 aromatic carbocycles. The van der Waals surface area contributed by atoms with Gasteiger partial charge in [-0.2, -0.15) is 0 Å². The number of nitrogens with one attached hydrogen (secondary N) is 2. The molecule has 4 aromatic rings. The van der Waals surface area contributed by atoms with Gasteiger partial charge in [-0.1, -0.05) is 61.0 Å². The number of esters is 1. The summed E-state index contributed by atoms with van der Waals surface area (Å²) in [6, 6.07) is 24.6. The van der Waals surface area contributed by atoms with E-state index in [0.717, 1.165) is 34.6 Å². The van der Waals surface area contributed by atoms with Crippen molar-refractivity contribution in [2.24, 2.45) is 0 Å². The lowest BCUT2D eigenvalue weighted by molar-refractivity contribution is -0.115. The number of hydrogen-bond donors (Lipinski definition) is 2. The third-order valence-corrected chi connectivity index (χ3v) is 10.1. The second kappa shape index (κ2) is 14.3. The van der Waals surface area contributed by atoms with Crippen LogP contribution in [0.5, 0.6) is 0 Å². The lowest BCUT2D eigenvalue weighted by Crippen LogP contribution is -2.25. The van der Waals surface area contributed by atoms with E-state index in [0.29, 0.717) is 39.2 Å². The van der Waals surface area contributed by atoms with Crippen molar-refractivity contribution in [1.82, 2.24) is 0 Å². The van der Waals surface area contributed by atoms with E-state index in [1.165, 1.54) is 28.7 Å². The van der Waals surface area contributed by atoms with Crippen LogP contribution in [0.4, 0.5) is 10.7 Å². The van der Waals surface area contributed by atoms with Crippen molar-refractivity contribution in [3.8, 4) is 0 Å². The molecule has 0 spiro atoms. The first-order valence-electron chi connectivity index (χ1n) is 14.4. The van der Waals surface area contributed by atoms with E-state index >= 15 is 0 Å². The largest absolute Gasteiger partial charge is 0.462 e. The maximum Gasteiger partial charge on any atom is 0.341 e. The van der Waals surface area contributed by atoms with Crippen molar-refractivity contribution in [3.63, 3.8) is 0 Å². The molecule has 0 saturated carbocycles. The predicted octanol–water partition coefficient (Wildman–Crippen LogP) is 8.61. The van der Waals surface area contributed by atoms with E-state index in [-0.39, 0.29) is 18.4 Å². The van der Waals surface area contributed by atoms with Gasteiger partial charge in [0.15, 0.2) is 0 Å². The molecule has 43 heavy (non-hydrogen) atoms. The number of thiophene rings is 1. The maximum atomic E-state index is 13.6. The molecular weight excluding hydrogens is 600 g/mol. The number of thioether (sulfide) groups is 1. The molecule has 0 bridgehead atoms. The second-order valence-corrected chi connectivity index (χ2v) is 13.1. The Balaban J connectivity index is 1.31. The van der Waals surface area contributed by atoms with Crippen LogP contribution in [-0.2, 0) is 22.4 Å². The minimum absolute atomic E-state index is 0.176. The van der Waals surface area contributed by atoms with Crippen molar-refractivity contribution in [2.45, 2.75) is 55.6 Å². The van der Waals surface area contributed by atoms with Crippen molar-refractivity contribution < 1.29 is 19.1 Å². The van der Waals surface area contributed by atoms with Gasteiger partial charge in [0.2, 0.25) is 5.91 Å². The number of carbonyl (C=O) groups excluding carboxylic acids is 3. The summed E-state index contributed by atoms with van der Waals surface area (Å²) >= 11 is 8.94. The molecule has 1 aliphatic rings. The molecule has 6 nitrogen and oxygen atoms in total. The summed E-state index contributed by atoms with van der Waals surface area (Å²) in [4.78, 5) is 41.4. The number of benzene rings is 3. The molecule has 5 rings (SSSR count). The number of rotatable bonds is 10. The summed E-state index contributed by atoms with van der Waals surface area (Å²) in [5, 5.41) is 6.62. The summed E-state index contributed by atoms with van der Waals surface area (Å²) in [6.07, 6.45) is 3.09. The highest BCUT2D eigenvalue weighted by atomic mass is 35.5. The molecule has 0 radical (unpaired) electrons. The highest BCUT2D eigenvalue weighted by Gasteiger charge is 2.32. The summed E-state index contributed by atoms with van der Waals surface area (Å²) < 4.78 is 5.42. The van der Waals surface area contributed by atoms with Gasteiger partial charge in [-0.15, -0.1) is 23.1 Å². The van der Waals surface area contributed by atoms with Crippen LogP contribution in [0.25, 0.3) is 0 Å². The lowest BCUT2D eigenvalue weighted by Gasteiger charge is -2.23.